The molecule has 5 aromatic rings. The van der Waals surface area contributed by atoms with Gasteiger partial charge in [0.25, 0.3) is 5.24 Å². The van der Waals surface area contributed by atoms with Crippen molar-refractivity contribution in [3.63, 3.8) is 0 Å². The molecule has 1 amide bonds. The molecule has 0 bridgehead atoms. The number of nitrogens with two attached hydrogens (primary N) is 1. The van der Waals surface area contributed by atoms with Gasteiger partial charge >= 0.3 is 5.91 Å². The zero-order valence-corrected chi connectivity index (χ0v) is 26.6. The van der Waals surface area contributed by atoms with Crippen LogP contribution < -0.4 is 5.73 Å². The van der Waals surface area contributed by atoms with Gasteiger partial charge in [-0.25, -0.2) is 5.06 Å². The van der Waals surface area contributed by atoms with Crippen LogP contribution in [0.3, 0.4) is 0 Å². The number of rotatable bonds is 9. The summed E-state index contributed by atoms with van der Waals surface area (Å²) in [5.41, 5.74) is 5.60. The van der Waals surface area contributed by atoms with Gasteiger partial charge in [-0.15, -0.1) is 0 Å². The Hall–Kier alpha value is -4.97. The Morgan fingerprint density at radius 1 is 0.783 bits per heavy atom. The minimum atomic E-state index is -0.623. The van der Waals surface area contributed by atoms with Crippen LogP contribution in [0.2, 0.25) is 0 Å². The Labute approximate surface area is 268 Å². The van der Waals surface area contributed by atoms with Crippen LogP contribution in [0.25, 0.3) is 0 Å². The van der Waals surface area contributed by atoms with E-state index in [0.717, 1.165) is 17.2 Å². The number of hydrogen-bond acceptors (Lipinski definition) is 16. The maximum absolute atomic E-state index is 11.1. The molecule has 17 nitrogen and oxygen atoms in total. The van der Waals surface area contributed by atoms with Gasteiger partial charge in [0.2, 0.25) is 23.1 Å². The lowest BCUT2D eigenvalue weighted by Crippen LogP contribution is -2.24. The van der Waals surface area contributed by atoms with Crippen molar-refractivity contribution in [3.8, 4) is 0 Å². The molecule has 0 saturated carbocycles. The Bertz CT molecular complexity index is 1400. The van der Waals surface area contributed by atoms with Crippen molar-refractivity contribution in [3.05, 3.63) is 90.1 Å². The SMILES string of the molecule is CCC(=O)c1ccno1.CCC(N)c1ccno1.CCC(O)c1ccno1.CON(C)C(=O)c1ccno1.O=C(Cl)c1ccno1. The van der Waals surface area contributed by atoms with E-state index in [1.165, 1.54) is 51.1 Å². The van der Waals surface area contributed by atoms with Crippen molar-refractivity contribution in [2.45, 2.75) is 52.2 Å². The molecule has 0 spiro atoms. The summed E-state index contributed by atoms with van der Waals surface area (Å²) in [6.07, 6.45) is 8.86. The molecule has 2 unspecified atom stereocenters. The number of Topliss-reactive ketones (excluding diaryl/α,β-unsaturated/α-hetero) is 1. The summed E-state index contributed by atoms with van der Waals surface area (Å²) in [6.45, 7) is 5.67. The number of carbonyl (C=O) groups excluding carboxylic acids is 3. The van der Waals surface area contributed by atoms with Crippen molar-refractivity contribution < 1.29 is 46.9 Å². The maximum atomic E-state index is 11.1. The molecule has 0 saturated heterocycles. The van der Waals surface area contributed by atoms with Crippen molar-refractivity contribution in [1.82, 2.24) is 30.8 Å². The van der Waals surface area contributed by atoms with Gasteiger partial charge in [-0.05, 0) is 24.4 Å². The third kappa shape index (κ3) is 14.7. The normalized spacial score (nSPS) is 11.0. The van der Waals surface area contributed by atoms with Crippen LogP contribution >= 0.6 is 11.6 Å². The summed E-state index contributed by atoms with van der Waals surface area (Å²) < 4.78 is 23.0. The maximum Gasteiger partial charge on any atom is 0.315 e. The van der Waals surface area contributed by atoms with Crippen molar-refractivity contribution >= 4 is 28.5 Å². The van der Waals surface area contributed by atoms with Crippen molar-refractivity contribution in [2.75, 3.05) is 14.2 Å². The quantitative estimate of drug-likeness (QED) is 0.122. The summed E-state index contributed by atoms with van der Waals surface area (Å²) in [6, 6.07) is 7.88. The molecule has 0 fully saturated rings. The van der Waals surface area contributed by atoms with Gasteiger partial charge in [0.05, 0.1) is 44.1 Å². The highest BCUT2D eigenvalue weighted by Crippen LogP contribution is 2.13. The minimum absolute atomic E-state index is 0.00694. The fraction of sp³-hybridized carbons (Fsp3) is 0.357. The molecule has 5 rings (SSSR count). The molecule has 0 aliphatic carbocycles. The fourth-order valence-corrected chi connectivity index (χ4v) is 2.73. The second kappa shape index (κ2) is 22.5. The first kappa shape index (κ1) is 39.1. The molecular formula is C28H36ClN7O10. The molecule has 2 atom stereocenters. The monoisotopic (exact) mass is 665 g/mol. The van der Waals surface area contributed by atoms with Crippen molar-refractivity contribution in [2.24, 2.45) is 5.73 Å². The number of carbonyl (C=O) groups is 3. The van der Waals surface area contributed by atoms with Crippen LogP contribution in [-0.2, 0) is 4.84 Å². The molecular weight excluding hydrogens is 630 g/mol. The van der Waals surface area contributed by atoms with E-state index in [4.69, 9.17) is 27.0 Å². The van der Waals surface area contributed by atoms with Crippen LogP contribution in [0.1, 0.15) is 95.4 Å². The average molecular weight is 666 g/mol. The molecule has 46 heavy (non-hydrogen) atoms. The molecule has 18 heteroatoms. The van der Waals surface area contributed by atoms with Gasteiger partial charge in [-0.1, -0.05) is 46.6 Å². The largest absolute Gasteiger partial charge is 0.385 e. The van der Waals surface area contributed by atoms with E-state index in [1.54, 1.807) is 31.3 Å². The lowest BCUT2D eigenvalue weighted by molar-refractivity contribution is -0.0776. The Morgan fingerprint density at radius 2 is 1.24 bits per heavy atom. The van der Waals surface area contributed by atoms with Crippen LogP contribution in [0, 0.1) is 0 Å². The van der Waals surface area contributed by atoms with E-state index in [9.17, 15) is 14.4 Å². The third-order valence-corrected chi connectivity index (χ3v) is 5.50. The van der Waals surface area contributed by atoms with E-state index in [-0.39, 0.29) is 29.3 Å². The van der Waals surface area contributed by atoms with E-state index in [2.05, 4.69) is 48.7 Å². The van der Waals surface area contributed by atoms with E-state index < -0.39 is 11.3 Å². The molecule has 0 aromatic carbocycles. The topological polar surface area (TPSA) is 240 Å². The molecule has 0 aliphatic heterocycles. The lowest BCUT2D eigenvalue weighted by Gasteiger charge is -2.10. The highest BCUT2D eigenvalue weighted by molar-refractivity contribution is 6.67. The zero-order valence-electron chi connectivity index (χ0n) is 25.8. The number of hydroxylamine groups is 2. The number of hydrogen-bond donors (Lipinski definition) is 2. The van der Waals surface area contributed by atoms with Gasteiger partial charge in [-0.3, -0.25) is 19.2 Å². The van der Waals surface area contributed by atoms with E-state index >= 15 is 0 Å². The second-order valence-corrected chi connectivity index (χ2v) is 8.78. The minimum Gasteiger partial charge on any atom is -0.385 e. The van der Waals surface area contributed by atoms with Crippen molar-refractivity contribution in [1.29, 1.82) is 0 Å². The predicted octanol–water partition coefficient (Wildman–Crippen LogP) is 4.83. The zero-order chi connectivity index (χ0) is 34.3. The van der Waals surface area contributed by atoms with Gasteiger partial charge < -0.3 is 33.5 Å². The van der Waals surface area contributed by atoms with Gasteiger partial charge in [0.1, 0.15) is 6.10 Å². The number of aliphatic hydroxyl groups excluding tert-OH is 1. The first-order chi connectivity index (χ1) is 22.1. The number of aliphatic hydroxyl groups is 1. The predicted molar refractivity (Wildman–Crippen MR) is 159 cm³/mol. The second-order valence-electron chi connectivity index (χ2n) is 8.43. The molecule has 5 aromatic heterocycles. The summed E-state index contributed by atoms with van der Waals surface area (Å²) in [7, 11) is 2.89. The van der Waals surface area contributed by atoms with Crippen LogP contribution in [0.5, 0.6) is 0 Å². The van der Waals surface area contributed by atoms with Gasteiger partial charge in [0, 0.05) is 43.8 Å². The first-order valence-electron chi connectivity index (χ1n) is 13.6. The van der Waals surface area contributed by atoms with Crippen LogP contribution in [0.15, 0.2) is 83.9 Å². The van der Waals surface area contributed by atoms with Gasteiger partial charge in [-0.2, -0.15) is 0 Å². The third-order valence-electron chi connectivity index (χ3n) is 5.31. The van der Waals surface area contributed by atoms with Gasteiger partial charge in [0.15, 0.2) is 11.5 Å². The Kier molecular flexibility index (Phi) is 19.1. The lowest BCUT2D eigenvalue weighted by atomic mass is 10.2. The summed E-state index contributed by atoms with van der Waals surface area (Å²) in [4.78, 5) is 36.6. The fourth-order valence-electron chi connectivity index (χ4n) is 2.63. The van der Waals surface area contributed by atoms with E-state index in [0.29, 0.717) is 24.4 Å². The number of halogens is 1. The number of ketones is 1. The summed E-state index contributed by atoms with van der Waals surface area (Å²) in [5.74, 6) is 1.52. The molecule has 250 valence electrons. The summed E-state index contributed by atoms with van der Waals surface area (Å²) in [5, 5.41) is 26.6. The van der Waals surface area contributed by atoms with Crippen LogP contribution in [-0.4, -0.2) is 67.0 Å². The molecule has 0 aliphatic rings. The Balaban J connectivity index is 0.000000289. The molecule has 0 radical (unpaired) electrons. The van der Waals surface area contributed by atoms with E-state index in [1.807, 2.05) is 13.8 Å². The first-order valence-corrected chi connectivity index (χ1v) is 14.0. The molecule has 5 heterocycles. The highest BCUT2D eigenvalue weighted by atomic mass is 35.5. The smallest absolute Gasteiger partial charge is 0.315 e. The molecule has 3 N–H and O–H groups in total. The number of amides is 1. The average Bonchev–Trinajstić information content (AvgIpc) is 3.94. The standard InChI is InChI=1S/C6H8N2O3.C6H10N2O.C6H9NO2.C6H7NO2.C4H2ClNO2/c1-8(10-2)6(9)5-3-4-7-11-5;1-2-5(7)6-3-4-8-9-6;2*1-2-5(8)6-3-4-7-9-6;5-4(7)3-1-2-6-8-3/h3-4H,1-2H3;3-5H,2,7H2,1H3;3-5,8H,2H2,1H3;3-4H,2H2,1H3;1-2H. The highest BCUT2D eigenvalue weighted by Gasteiger charge is 2.14. The Morgan fingerprint density at radius 3 is 1.59 bits per heavy atom. The number of nitrogens with zero attached hydrogens (tertiary/aromatic N) is 6. The summed E-state index contributed by atoms with van der Waals surface area (Å²) >= 11 is 4.97. The van der Waals surface area contributed by atoms with Crippen LogP contribution in [0.4, 0.5) is 0 Å². The number of aromatic nitrogens is 5.